The standard InChI is InChI=1S/C21H18N2O5/c1-3-21(27)14-7-16-18-11(6-12-10(2)17(24)5-4-15(12)22-18)8-23(16)19(25)13(14)9-28-20(21)26/h4-7,24,27H,3,8-9H2,1-2H3/t21-/m0/s1. The van der Waals surface area contributed by atoms with Gasteiger partial charge in [-0.05, 0) is 37.6 Å². The van der Waals surface area contributed by atoms with Gasteiger partial charge in [-0.25, -0.2) is 9.78 Å². The number of ether oxygens (including phenoxy) is 1. The van der Waals surface area contributed by atoms with Crippen LogP contribution in [0.25, 0.3) is 22.3 Å². The average Bonchev–Trinajstić information content (AvgIpc) is 3.05. The fraction of sp³-hybridized carbons (Fsp3) is 0.286. The second-order valence-electron chi connectivity index (χ2n) is 7.38. The van der Waals surface area contributed by atoms with Crippen LogP contribution in [0.5, 0.6) is 5.75 Å². The van der Waals surface area contributed by atoms with Crippen LogP contribution < -0.4 is 5.56 Å². The quantitative estimate of drug-likeness (QED) is 0.492. The molecule has 5 rings (SSSR count). The van der Waals surface area contributed by atoms with Crippen LogP contribution in [0, 0.1) is 6.92 Å². The summed E-state index contributed by atoms with van der Waals surface area (Å²) in [6.45, 7) is 3.70. The van der Waals surface area contributed by atoms with Gasteiger partial charge in [0.2, 0.25) is 0 Å². The van der Waals surface area contributed by atoms with Gasteiger partial charge in [-0.2, -0.15) is 0 Å². The molecule has 2 aliphatic rings. The lowest BCUT2D eigenvalue weighted by Crippen LogP contribution is -2.44. The number of phenols is 1. The summed E-state index contributed by atoms with van der Waals surface area (Å²) in [5.41, 5.74) is 2.01. The van der Waals surface area contributed by atoms with Gasteiger partial charge in [0.1, 0.15) is 12.4 Å². The summed E-state index contributed by atoms with van der Waals surface area (Å²) in [7, 11) is 0. The third-order valence-corrected chi connectivity index (χ3v) is 5.93. The molecule has 0 unspecified atom stereocenters. The van der Waals surface area contributed by atoms with Crippen LogP contribution in [-0.2, 0) is 28.3 Å². The van der Waals surface area contributed by atoms with Crippen molar-refractivity contribution >= 4 is 16.9 Å². The van der Waals surface area contributed by atoms with Gasteiger partial charge in [-0.3, -0.25) is 4.79 Å². The number of fused-ring (bicyclic) bond motifs is 5. The molecule has 2 aliphatic heterocycles. The number of cyclic esters (lactones) is 1. The van der Waals surface area contributed by atoms with Crippen molar-refractivity contribution in [3.05, 3.63) is 56.9 Å². The first kappa shape index (κ1) is 16.9. The zero-order valence-corrected chi connectivity index (χ0v) is 15.4. The fourth-order valence-corrected chi connectivity index (χ4v) is 4.18. The molecular weight excluding hydrogens is 360 g/mol. The first-order valence-corrected chi connectivity index (χ1v) is 9.14. The average molecular weight is 378 g/mol. The molecular formula is C21H18N2O5. The van der Waals surface area contributed by atoms with Gasteiger partial charge in [0.05, 0.1) is 29.0 Å². The molecule has 7 nitrogen and oxygen atoms in total. The largest absolute Gasteiger partial charge is 0.508 e. The number of nitrogens with zero attached hydrogens (tertiary/aromatic N) is 2. The minimum absolute atomic E-state index is 0.109. The second-order valence-corrected chi connectivity index (χ2v) is 7.38. The monoisotopic (exact) mass is 378 g/mol. The van der Waals surface area contributed by atoms with Crippen molar-refractivity contribution in [2.24, 2.45) is 0 Å². The molecule has 4 heterocycles. The van der Waals surface area contributed by atoms with Crippen molar-refractivity contribution < 1.29 is 19.7 Å². The number of carbonyl (C=O) groups excluding carboxylic acids is 1. The molecule has 0 saturated carbocycles. The first-order valence-electron chi connectivity index (χ1n) is 9.14. The fourth-order valence-electron chi connectivity index (χ4n) is 4.18. The minimum Gasteiger partial charge on any atom is -0.508 e. The van der Waals surface area contributed by atoms with Gasteiger partial charge in [0, 0.05) is 22.1 Å². The van der Waals surface area contributed by atoms with E-state index in [0.717, 1.165) is 16.5 Å². The molecule has 3 aromatic rings. The predicted octanol–water partition coefficient (Wildman–Crippen LogP) is 2.09. The lowest BCUT2D eigenvalue weighted by Gasteiger charge is -2.31. The van der Waals surface area contributed by atoms with Crippen LogP contribution in [0.15, 0.2) is 29.1 Å². The van der Waals surface area contributed by atoms with Gasteiger partial charge in [-0.15, -0.1) is 0 Å². The Bertz CT molecular complexity index is 1260. The molecule has 2 aromatic heterocycles. The Hall–Kier alpha value is -3.19. The number of hydrogen-bond donors (Lipinski definition) is 2. The Morgan fingerprint density at radius 1 is 1.29 bits per heavy atom. The maximum atomic E-state index is 13.1. The van der Waals surface area contributed by atoms with Crippen LogP contribution in [0.1, 0.15) is 35.6 Å². The number of carbonyl (C=O) groups is 1. The predicted molar refractivity (Wildman–Crippen MR) is 101 cm³/mol. The van der Waals surface area contributed by atoms with E-state index < -0.39 is 11.6 Å². The van der Waals surface area contributed by atoms with Gasteiger partial charge in [0.15, 0.2) is 5.60 Å². The molecule has 0 spiro atoms. The van der Waals surface area contributed by atoms with Crippen molar-refractivity contribution in [2.45, 2.75) is 39.0 Å². The van der Waals surface area contributed by atoms with Gasteiger partial charge in [-0.1, -0.05) is 6.92 Å². The van der Waals surface area contributed by atoms with Crippen molar-refractivity contribution in [2.75, 3.05) is 0 Å². The molecule has 1 aromatic carbocycles. The van der Waals surface area contributed by atoms with Crippen LogP contribution >= 0.6 is 0 Å². The number of esters is 1. The number of aromatic nitrogens is 2. The van der Waals surface area contributed by atoms with Crippen molar-refractivity contribution in [3.63, 3.8) is 0 Å². The summed E-state index contributed by atoms with van der Waals surface area (Å²) >= 11 is 0. The first-order chi connectivity index (χ1) is 13.3. The molecule has 0 saturated heterocycles. The zero-order valence-electron chi connectivity index (χ0n) is 15.4. The molecule has 7 heteroatoms. The zero-order chi connectivity index (χ0) is 19.8. The van der Waals surface area contributed by atoms with Gasteiger partial charge >= 0.3 is 5.97 Å². The molecule has 2 N–H and O–H groups in total. The lowest BCUT2D eigenvalue weighted by atomic mass is 9.86. The van der Waals surface area contributed by atoms with Crippen LogP contribution in [0.4, 0.5) is 0 Å². The Morgan fingerprint density at radius 3 is 2.82 bits per heavy atom. The van der Waals surface area contributed by atoms with Crippen LogP contribution in [0.3, 0.4) is 0 Å². The molecule has 0 radical (unpaired) electrons. The van der Waals surface area contributed by atoms with E-state index in [4.69, 9.17) is 9.72 Å². The topological polar surface area (TPSA) is 102 Å². The molecule has 1 atom stereocenters. The SMILES string of the molecule is CC[C@@]1(O)C(=O)OCc2c1cc1n(c2=O)Cc2cc3c(C)c(O)ccc3nc2-1. The summed E-state index contributed by atoms with van der Waals surface area (Å²) in [5, 5.41) is 21.7. The number of phenolic OH excluding ortho intramolecular Hbond substituents is 1. The van der Waals surface area contributed by atoms with Crippen molar-refractivity contribution in [1.82, 2.24) is 9.55 Å². The smallest absolute Gasteiger partial charge is 0.343 e. The number of rotatable bonds is 1. The normalized spacial score (nSPS) is 19.9. The second kappa shape index (κ2) is 5.42. The van der Waals surface area contributed by atoms with E-state index in [2.05, 4.69) is 0 Å². The Morgan fingerprint density at radius 2 is 2.07 bits per heavy atom. The van der Waals surface area contributed by atoms with Gasteiger partial charge in [0.25, 0.3) is 5.56 Å². The highest BCUT2D eigenvalue weighted by Gasteiger charge is 2.45. The van der Waals surface area contributed by atoms with E-state index in [1.54, 1.807) is 29.7 Å². The number of hydrogen-bond acceptors (Lipinski definition) is 6. The summed E-state index contributed by atoms with van der Waals surface area (Å²) in [6.07, 6.45) is 0.109. The van der Waals surface area contributed by atoms with E-state index in [1.807, 2.05) is 13.0 Å². The van der Waals surface area contributed by atoms with Crippen molar-refractivity contribution in [3.8, 4) is 17.1 Å². The Labute approximate surface area is 159 Å². The lowest BCUT2D eigenvalue weighted by molar-refractivity contribution is -0.172. The third kappa shape index (κ3) is 1.99. The molecule has 0 aliphatic carbocycles. The number of aryl methyl sites for hydroxylation is 1. The summed E-state index contributed by atoms with van der Waals surface area (Å²) < 4.78 is 6.67. The molecule has 142 valence electrons. The summed E-state index contributed by atoms with van der Waals surface area (Å²) in [4.78, 5) is 30.0. The number of benzene rings is 1. The number of aliphatic hydroxyl groups is 1. The van der Waals surface area contributed by atoms with Crippen LogP contribution in [-0.4, -0.2) is 25.7 Å². The summed E-state index contributed by atoms with van der Waals surface area (Å²) in [5.74, 6) is -0.538. The Kier molecular flexibility index (Phi) is 3.28. The maximum absolute atomic E-state index is 13.1. The minimum atomic E-state index is -1.83. The van der Waals surface area contributed by atoms with Crippen molar-refractivity contribution in [1.29, 1.82) is 0 Å². The Balaban J connectivity index is 1.80. The number of aromatic hydroxyl groups is 1. The van der Waals surface area contributed by atoms with Gasteiger partial charge < -0.3 is 19.5 Å². The maximum Gasteiger partial charge on any atom is 0.343 e. The molecule has 28 heavy (non-hydrogen) atoms. The molecule has 0 fully saturated rings. The van der Waals surface area contributed by atoms with Crippen LogP contribution in [0.2, 0.25) is 0 Å². The highest BCUT2D eigenvalue weighted by molar-refractivity contribution is 5.89. The molecule has 0 amide bonds. The van der Waals surface area contributed by atoms with E-state index in [1.165, 1.54) is 0 Å². The third-order valence-electron chi connectivity index (χ3n) is 5.93. The highest BCUT2D eigenvalue weighted by Crippen LogP contribution is 2.39. The van der Waals surface area contributed by atoms with E-state index in [0.29, 0.717) is 34.6 Å². The van der Waals surface area contributed by atoms with E-state index in [-0.39, 0.29) is 24.3 Å². The van der Waals surface area contributed by atoms with E-state index >= 15 is 0 Å². The number of pyridine rings is 2. The molecule has 0 bridgehead atoms. The highest BCUT2D eigenvalue weighted by atomic mass is 16.6. The summed E-state index contributed by atoms with van der Waals surface area (Å²) in [6, 6.07) is 6.96. The van der Waals surface area contributed by atoms with E-state index in [9.17, 15) is 19.8 Å².